The number of aromatic hydroxyl groups is 4. The average Bonchev–Trinajstić information content (AvgIpc) is 3.33. The van der Waals surface area contributed by atoms with Crippen LogP contribution in [-0.4, -0.2) is 55.1 Å². The van der Waals surface area contributed by atoms with Crippen molar-refractivity contribution in [3.63, 3.8) is 0 Å². The van der Waals surface area contributed by atoms with Crippen LogP contribution in [0.15, 0.2) is 179 Å². The summed E-state index contributed by atoms with van der Waals surface area (Å²) in [6, 6.07) is 38.4. The van der Waals surface area contributed by atoms with E-state index in [1.807, 2.05) is 63.2 Å². The van der Waals surface area contributed by atoms with Gasteiger partial charge in [-0.05, 0) is 106 Å². The largest absolute Gasteiger partial charge is 1.00 e. The van der Waals surface area contributed by atoms with Crippen LogP contribution >= 0.6 is 12.4 Å². The van der Waals surface area contributed by atoms with Crippen LogP contribution in [0.4, 0.5) is 11.4 Å². The first-order chi connectivity index (χ1) is 33.6. The third-order valence-corrected chi connectivity index (χ3v) is 9.87. The number of nitrogens with zero attached hydrogens (tertiary/aromatic N) is 3. The topological polar surface area (TPSA) is 253 Å². The number of rotatable bonds is 16. The number of halogens is 1. The van der Waals surface area contributed by atoms with E-state index < -0.39 is 5.60 Å². The van der Waals surface area contributed by atoms with Crippen LogP contribution in [0.3, 0.4) is 0 Å². The Labute approximate surface area is 460 Å². The molecule has 0 unspecified atom stereocenters. The molecule has 4 N–H and O–H groups in total. The maximum absolute atomic E-state index is 12.7. The maximum Gasteiger partial charge on any atom is 1.00 e. The van der Waals surface area contributed by atoms with Gasteiger partial charge in [-0.2, -0.15) is 5.11 Å². The van der Waals surface area contributed by atoms with E-state index in [1.54, 1.807) is 80.6 Å². The van der Waals surface area contributed by atoms with E-state index in [0.29, 0.717) is 53.6 Å². The molecule has 74 heavy (non-hydrogen) atoms. The SMILES string of the molecule is C.C=C(C)C(=O)CCc1ccc(CC(=O)OC(C)(C)C)cc1.C=C(C)C(=O)CCc1ccc(N=Nc2cc(C(=O)c3ccccc3)c(O)cc2O)cc1.Cl.O=C(c1ccccc1)c1ccc(O)cc1O.O=N[O-].[Na+]. The summed E-state index contributed by atoms with van der Waals surface area (Å²) in [6.45, 7) is 16.3. The van der Waals surface area contributed by atoms with E-state index in [9.17, 15) is 39.3 Å². The summed E-state index contributed by atoms with van der Waals surface area (Å²) >= 11 is 0. The number of Topliss-reactive ketones (excluding diaryl/α,β-unsaturated/α-hetero) is 2. The van der Waals surface area contributed by atoms with Gasteiger partial charge in [-0.1, -0.05) is 118 Å². The number of esters is 1. The van der Waals surface area contributed by atoms with E-state index in [2.05, 4.69) is 23.4 Å². The van der Waals surface area contributed by atoms with Gasteiger partial charge in [0.25, 0.3) is 0 Å². The molecular formula is C57H61ClN3NaO12. The van der Waals surface area contributed by atoms with Crippen molar-refractivity contribution in [2.24, 2.45) is 15.6 Å². The number of allylic oxidation sites excluding steroid dienone is 2. The van der Waals surface area contributed by atoms with Gasteiger partial charge < -0.3 is 35.3 Å². The Morgan fingerprint density at radius 2 is 1.00 bits per heavy atom. The first kappa shape index (κ1) is 66.4. The van der Waals surface area contributed by atoms with Crippen molar-refractivity contribution in [3.8, 4) is 23.0 Å². The summed E-state index contributed by atoms with van der Waals surface area (Å²) in [5.74, 6) is -1.66. The van der Waals surface area contributed by atoms with Gasteiger partial charge >= 0.3 is 35.5 Å². The van der Waals surface area contributed by atoms with Gasteiger partial charge in [0.1, 0.15) is 34.3 Å². The number of hydrogen-bond acceptors (Lipinski definition) is 15. The van der Waals surface area contributed by atoms with Crippen molar-refractivity contribution in [1.82, 2.24) is 0 Å². The molecule has 0 aliphatic rings. The normalized spacial score (nSPS) is 10.0. The molecule has 0 heterocycles. The van der Waals surface area contributed by atoms with Crippen molar-refractivity contribution in [2.45, 2.75) is 79.8 Å². The molecule has 0 aliphatic heterocycles. The van der Waals surface area contributed by atoms with Crippen molar-refractivity contribution in [3.05, 3.63) is 213 Å². The van der Waals surface area contributed by atoms with Crippen molar-refractivity contribution in [1.29, 1.82) is 0 Å². The van der Waals surface area contributed by atoms with Crippen molar-refractivity contribution in [2.75, 3.05) is 0 Å². The summed E-state index contributed by atoms with van der Waals surface area (Å²) in [5, 5.41) is 56.0. The molecule has 0 fully saturated rings. The number of phenolic OH excluding ortho intramolecular Hbond substituents is 4. The predicted molar refractivity (Wildman–Crippen MR) is 285 cm³/mol. The molecular weight excluding hydrogens is 977 g/mol. The molecule has 0 radical (unpaired) electrons. The number of azo groups is 1. The van der Waals surface area contributed by atoms with Crippen LogP contribution in [0, 0.1) is 10.1 Å². The Bertz CT molecular complexity index is 2850. The second-order valence-electron chi connectivity index (χ2n) is 16.9. The molecule has 0 saturated heterocycles. The minimum atomic E-state index is -0.458. The molecule has 15 nitrogen and oxygen atoms in total. The molecule has 6 aromatic carbocycles. The third-order valence-electron chi connectivity index (χ3n) is 9.87. The van der Waals surface area contributed by atoms with Crippen LogP contribution in [-0.2, 0) is 38.4 Å². The van der Waals surface area contributed by atoms with Gasteiger partial charge in [-0.25, -0.2) is 0 Å². The minimum absolute atomic E-state index is 0. The zero-order valence-corrected chi connectivity index (χ0v) is 44.4. The zero-order chi connectivity index (χ0) is 52.7. The second-order valence-corrected chi connectivity index (χ2v) is 16.9. The van der Waals surface area contributed by atoms with Crippen LogP contribution in [0.5, 0.6) is 23.0 Å². The van der Waals surface area contributed by atoms with Crippen LogP contribution in [0.1, 0.15) is 103 Å². The molecule has 0 aliphatic carbocycles. The fourth-order valence-corrected chi connectivity index (χ4v) is 6.18. The number of ketones is 4. The molecule has 17 heteroatoms. The number of aryl methyl sites for hydroxylation is 2. The summed E-state index contributed by atoms with van der Waals surface area (Å²) < 4.78 is 5.28. The molecule has 0 atom stereocenters. The molecule has 6 aromatic rings. The van der Waals surface area contributed by atoms with E-state index >= 15 is 0 Å². The van der Waals surface area contributed by atoms with E-state index in [-0.39, 0.29) is 125 Å². The Kier molecular flexibility index (Phi) is 29.8. The van der Waals surface area contributed by atoms with Crippen LogP contribution in [0.2, 0.25) is 0 Å². The van der Waals surface area contributed by atoms with Gasteiger partial charge in [0.2, 0.25) is 0 Å². The first-order valence-electron chi connectivity index (χ1n) is 22.0. The third kappa shape index (κ3) is 23.3. The predicted octanol–water partition coefficient (Wildman–Crippen LogP) is 10.1. The number of phenols is 4. The smallest absolute Gasteiger partial charge is 0.508 e. The van der Waals surface area contributed by atoms with E-state index in [4.69, 9.17) is 20.0 Å². The standard InChI is InChI=1S/C25H22N2O4.C18H24O3.C13H10O3.CH4.ClH.HNO2.Na/c1-16(2)22(28)13-10-17-8-11-19(12-9-17)26-27-21-14-20(23(29)15-24(21)30)25(31)18-6-4-3-5-7-18;1-13(2)16(19)11-10-14-6-8-15(9-7-14)12-17(20)21-18(3,4)5;14-10-6-7-11(12(15)8-10)13(16)9-4-2-1-3-5-9;;;2-1-3;/h3-9,11-12,14-15,29-30H,1,10,13H2,2H3;6-9H,1,10-12H2,2-5H3;1-8,14-15H;1H4;1H;(H,2,3);/q;;;;;;+1/p-1. The molecule has 0 bridgehead atoms. The maximum atomic E-state index is 12.7. The van der Waals surface area contributed by atoms with E-state index in [1.165, 1.54) is 18.2 Å². The van der Waals surface area contributed by atoms with Gasteiger partial charge in [0.15, 0.2) is 23.1 Å². The van der Waals surface area contributed by atoms with Crippen molar-refractivity contribution < 1.29 is 78.7 Å². The number of carbonyl (C=O) groups excluding carboxylic acids is 5. The molecule has 6 rings (SSSR count). The van der Waals surface area contributed by atoms with Gasteiger partial charge in [0, 0.05) is 36.1 Å². The summed E-state index contributed by atoms with van der Waals surface area (Å²) in [4.78, 5) is 67.5. The monoisotopic (exact) mass is 1040 g/mol. The average molecular weight is 1040 g/mol. The number of benzene rings is 6. The van der Waals surface area contributed by atoms with E-state index in [0.717, 1.165) is 34.2 Å². The Morgan fingerprint density at radius 3 is 1.43 bits per heavy atom. The number of carbonyl (C=O) groups is 5. The van der Waals surface area contributed by atoms with Gasteiger partial charge in [0.05, 0.1) is 23.2 Å². The fraction of sp³-hybridized carbons (Fsp3) is 0.211. The molecule has 0 amide bonds. The Balaban J connectivity index is 0.00000108. The Morgan fingerprint density at radius 1 is 0.581 bits per heavy atom. The number of ether oxygens (including phenoxy) is 1. The summed E-state index contributed by atoms with van der Waals surface area (Å²) in [7, 11) is 0. The molecule has 0 aromatic heterocycles. The second kappa shape index (κ2) is 33.2. The van der Waals surface area contributed by atoms with Gasteiger partial charge in [-0.3, -0.25) is 24.0 Å². The van der Waals surface area contributed by atoms with Crippen LogP contribution in [0.25, 0.3) is 0 Å². The first-order valence-corrected chi connectivity index (χ1v) is 22.0. The number of hydrogen-bond donors (Lipinski definition) is 4. The fourth-order valence-electron chi connectivity index (χ4n) is 6.18. The van der Waals surface area contributed by atoms with Crippen molar-refractivity contribution >= 4 is 52.9 Å². The summed E-state index contributed by atoms with van der Waals surface area (Å²) in [5.41, 5.74) is 5.39. The molecule has 384 valence electrons. The quantitative estimate of drug-likeness (QED) is 0.0134. The molecule has 0 spiro atoms. The zero-order valence-electron chi connectivity index (χ0n) is 41.5. The van der Waals surface area contributed by atoms with Crippen LogP contribution < -0.4 is 29.6 Å². The Hall–Kier alpha value is -7.56. The summed E-state index contributed by atoms with van der Waals surface area (Å²) in [6.07, 6.45) is 2.43. The molecule has 0 saturated carbocycles. The van der Waals surface area contributed by atoms with Gasteiger partial charge in [-0.15, -0.1) is 22.9 Å². The minimum Gasteiger partial charge on any atom is -0.508 e.